The average Bonchev–Trinajstić information content (AvgIpc) is 2.47. The minimum atomic E-state index is -0.251. The Balaban J connectivity index is 0.000000677. The van der Waals surface area contributed by atoms with Crippen LogP contribution in [0.1, 0.15) is 27.3 Å². The van der Waals surface area contributed by atoms with E-state index in [1.807, 2.05) is 50.2 Å². The first kappa shape index (κ1) is 16.0. The molecule has 0 saturated carbocycles. The fourth-order valence-corrected chi connectivity index (χ4v) is 1.50. The highest BCUT2D eigenvalue weighted by molar-refractivity contribution is 6.08. The molecule has 1 heterocycles. The fraction of sp³-hybridized carbons (Fsp3) is 0.118. The van der Waals surface area contributed by atoms with Gasteiger partial charge in [0.25, 0.3) is 5.78 Å². The molecule has 0 radical (unpaired) electrons. The lowest BCUT2D eigenvalue weighted by molar-refractivity contribution is -0.191. The molecule has 2 rings (SSSR count). The van der Waals surface area contributed by atoms with Crippen molar-refractivity contribution in [1.29, 1.82) is 0 Å². The van der Waals surface area contributed by atoms with Crippen LogP contribution in [0.3, 0.4) is 0 Å². The first-order valence-electron chi connectivity index (χ1n) is 6.12. The van der Waals surface area contributed by atoms with Gasteiger partial charge in [-0.05, 0) is 44.0 Å². The monoisotopic (exact) mass is 279 g/mol. The van der Waals surface area contributed by atoms with E-state index in [-0.39, 0.29) is 11.9 Å². The molecular formula is C17H13NO3. The number of hydrogen-bond acceptors (Lipinski definition) is 4. The quantitative estimate of drug-likeness (QED) is 0.593. The molecule has 0 spiro atoms. The van der Waals surface area contributed by atoms with Gasteiger partial charge in [-0.1, -0.05) is 29.7 Å². The van der Waals surface area contributed by atoms with Gasteiger partial charge in [0.15, 0.2) is 0 Å². The molecule has 1 aromatic heterocycles. The SMILES string of the molecule is Cc1ccc(C#CC(=O)c2cccc(C)n2)cc1.O=C=O. The van der Waals surface area contributed by atoms with Gasteiger partial charge >= 0.3 is 6.15 Å². The predicted molar refractivity (Wildman–Crippen MR) is 76.4 cm³/mol. The Morgan fingerprint density at radius 3 is 2.19 bits per heavy atom. The normalized spacial score (nSPS) is 8.48. The van der Waals surface area contributed by atoms with Crippen molar-refractivity contribution in [3.63, 3.8) is 0 Å². The summed E-state index contributed by atoms with van der Waals surface area (Å²) in [5.74, 6) is 5.21. The highest BCUT2D eigenvalue weighted by atomic mass is 16.2. The highest BCUT2D eigenvalue weighted by Crippen LogP contribution is 2.02. The summed E-state index contributed by atoms with van der Waals surface area (Å²) in [6.07, 6.45) is 0.250. The lowest BCUT2D eigenvalue weighted by atomic mass is 10.1. The van der Waals surface area contributed by atoms with Crippen molar-refractivity contribution in [2.45, 2.75) is 13.8 Å². The molecule has 0 bridgehead atoms. The molecule has 0 unspecified atom stereocenters. The molecular weight excluding hydrogens is 266 g/mol. The van der Waals surface area contributed by atoms with E-state index in [0.717, 1.165) is 11.3 Å². The molecule has 0 saturated heterocycles. The summed E-state index contributed by atoms with van der Waals surface area (Å²) in [6.45, 7) is 3.86. The van der Waals surface area contributed by atoms with Crippen molar-refractivity contribution in [3.05, 3.63) is 65.0 Å². The van der Waals surface area contributed by atoms with Crippen LogP contribution in [0.4, 0.5) is 0 Å². The Hall–Kier alpha value is -3.02. The third kappa shape index (κ3) is 5.65. The number of nitrogens with zero attached hydrogens (tertiary/aromatic N) is 1. The van der Waals surface area contributed by atoms with Crippen molar-refractivity contribution >= 4 is 11.9 Å². The second-order valence-electron chi connectivity index (χ2n) is 4.19. The molecule has 0 aliphatic rings. The summed E-state index contributed by atoms with van der Waals surface area (Å²) < 4.78 is 0. The van der Waals surface area contributed by atoms with Crippen molar-refractivity contribution in [2.75, 3.05) is 0 Å². The zero-order valence-electron chi connectivity index (χ0n) is 11.7. The average molecular weight is 279 g/mol. The van der Waals surface area contributed by atoms with Gasteiger partial charge in [-0.25, -0.2) is 4.98 Å². The van der Waals surface area contributed by atoms with Gasteiger partial charge in [0, 0.05) is 11.3 Å². The molecule has 0 atom stereocenters. The summed E-state index contributed by atoms with van der Waals surface area (Å²) in [5.41, 5.74) is 3.22. The van der Waals surface area contributed by atoms with E-state index in [1.165, 1.54) is 5.56 Å². The number of benzene rings is 1. The van der Waals surface area contributed by atoms with Gasteiger partial charge in [0.05, 0.1) is 0 Å². The van der Waals surface area contributed by atoms with Crippen LogP contribution >= 0.6 is 0 Å². The Morgan fingerprint density at radius 1 is 1.00 bits per heavy atom. The number of aromatic nitrogens is 1. The number of rotatable bonds is 1. The molecule has 4 heteroatoms. The van der Waals surface area contributed by atoms with Crippen molar-refractivity contribution in [2.24, 2.45) is 0 Å². The molecule has 21 heavy (non-hydrogen) atoms. The lowest BCUT2D eigenvalue weighted by Crippen LogP contribution is -1.99. The smallest absolute Gasteiger partial charge is 0.277 e. The number of hydrogen-bond donors (Lipinski definition) is 0. The number of Topliss-reactive ketones (excluding diaryl/α,β-unsaturated/α-hetero) is 1. The number of carbonyl (C=O) groups is 1. The second-order valence-corrected chi connectivity index (χ2v) is 4.19. The molecule has 0 aliphatic carbocycles. The Morgan fingerprint density at radius 2 is 1.62 bits per heavy atom. The molecule has 104 valence electrons. The first-order valence-corrected chi connectivity index (χ1v) is 6.12. The van der Waals surface area contributed by atoms with Gasteiger partial charge < -0.3 is 0 Å². The van der Waals surface area contributed by atoms with Crippen LogP contribution in [-0.2, 0) is 9.59 Å². The number of carbonyl (C=O) groups excluding carboxylic acids is 3. The Labute approximate surface area is 122 Å². The Bertz CT molecular complexity index is 716. The first-order chi connectivity index (χ1) is 10.1. The van der Waals surface area contributed by atoms with Gasteiger partial charge in [-0.3, -0.25) is 4.79 Å². The molecule has 0 amide bonds. The van der Waals surface area contributed by atoms with E-state index in [4.69, 9.17) is 9.59 Å². The maximum atomic E-state index is 11.8. The van der Waals surface area contributed by atoms with E-state index < -0.39 is 0 Å². The van der Waals surface area contributed by atoms with Gasteiger partial charge in [0.1, 0.15) is 5.69 Å². The van der Waals surface area contributed by atoms with Crippen LogP contribution in [0, 0.1) is 25.7 Å². The predicted octanol–water partition coefficient (Wildman–Crippen LogP) is 2.35. The topological polar surface area (TPSA) is 64.1 Å². The molecule has 1 aromatic carbocycles. The van der Waals surface area contributed by atoms with E-state index in [1.54, 1.807) is 6.07 Å². The highest BCUT2D eigenvalue weighted by Gasteiger charge is 2.02. The van der Waals surface area contributed by atoms with Crippen LogP contribution in [0.5, 0.6) is 0 Å². The minimum Gasteiger partial charge on any atom is -0.277 e. The summed E-state index contributed by atoms with van der Waals surface area (Å²) in [4.78, 5) is 32.2. The summed E-state index contributed by atoms with van der Waals surface area (Å²) in [7, 11) is 0. The van der Waals surface area contributed by atoms with E-state index in [9.17, 15) is 4.79 Å². The second kappa shape index (κ2) is 8.21. The summed E-state index contributed by atoms with van der Waals surface area (Å²) in [5, 5.41) is 0. The van der Waals surface area contributed by atoms with Crippen LogP contribution in [-0.4, -0.2) is 16.9 Å². The zero-order valence-corrected chi connectivity index (χ0v) is 11.7. The number of aryl methyl sites for hydroxylation is 2. The van der Waals surface area contributed by atoms with E-state index in [0.29, 0.717) is 5.69 Å². The van der Waals surface area contributed by atoms with Gasteiger partial charge in [-0.2, -0.15) is 9.59 Å². The Kier molecular flexibility index (Phi) is 6.27. The third-order valence-electron chi connectivity index (χ3n) is 2.49. The largest absolute Gasteiger partial charge is 0.373 e. The zero-order chi connectivity index (χ0) is 15.7. The molecule has 2 aromatic rings. The maximum Gasteiger partial charge on any atom is 0.373 e. The summed E-state index contributed by atoms with van der Waals surface area (Å²) >= 11 is 0. The summed E-state index contributed by atoms with van der Waals surface area (Å²) in [6, 6.07) is 13.1. The van der Waals surface area contributed by atoms with Gasteiger partial charge in [0.2, 0.25) is 0 Å². The van der Waals surface area contributed by atoms with Gasteiger partial charge in [-0.15, -0.1) is 0 Å². The van der Waals surface area contributed by atoms with Crippen molar-refractivity contribution in [1.82, 2.24) is 4.98 Å². The third-order valence-corrected chi connectivity index (χ3v) is 2.49. The van der Waals surface area contributed by atoms with Crippen LogP contribution in [0.25, 0.3) is 0 Å². The van der Waals surface area contributed by atoms with Crippen LogP contribution in [0.15, 0.2) is 42.5 Å². The van der Waals surface area contributed by atoms with Crippen molar-refractivity contribution in [3.8, 4) is 11.8 Å². The molecule has 0 N–H and O–H groups in total. The maximum absolute atomic E-state index is 11.8. The molecule has 0 aliphatic heterocycles. The number of pyridine rings is 1. The van der Waals surface area contributed by atoms with Crippen LogP contribution < -0.4 is 0 Å². The minimum absolute atomic E-state index is 0.250. The molecule has 0 fully saturated rings. The van der Waals surface area contributed by atoms with Crippen LogP contribution in [0.2, 0.25) is 0 Å². The van der Waals surface area contributed by atoms with E-state index in [2.05, 4.69) is 16.8 Å². The van der Waals surface area contributed by atoms with E-state index >= 15 is 0 Å². The van der Waals surface area contributed by atoms with Crippen molar-refractivity contribution < 1.29 is 14.4 Å². The lowest BCUT2D eigenvalue weighted by Gasteiger charge is -1.95. The molecule has 4 nitrogen and oxygen atoms in total. The standard InChI is InChI=1S/C16H13NO.CO2/c1-12-6-8-14(9-7-12)10-11-16(18)15-5-3-4-13(2)17-15;2-1-3/h3-9H,1-2H3;. The number of ketones is 1. The fourth-order valence-electron chi connectivity index (χ4n) is 1.50.